The monoisotopic (exact) mass is 295 g/mol. The summed E-state index contributed by atoms with van der Waals surface area (Å²) in [5.41, 5.74) is -1.61. The van der Waals surface area contributed by atoms with E-state index >= 15 is 0 Å². The van der Waals surface area contributed by atoms with Gasteiger partial charge in [-0.15, -0.1) is 0 Å². The maximum Gasteiger partial charge on any atom is 0.318 e. The lowest BCUT2D eigenvalue weighted by molar-refractivity contribution is -0.158. The molecule has 0 aliphatic carbocycles. The van der Waals surface area contributed by atoms with Gasteiger partial charge in [0.1, 0.15) is 10.8 Å². The number of carboxylic acid groups (broad SMARTS) is 1. The Morgan fingerprint density at radius 1 is 1.39 bits per heavy atom. The molecule has 104 valence electrons. The predicted octanol–water partition coefficient (Wildman–Crippen LogP) is 0.0433. The summed E-state index contributed by atoms with van der Waals surface area (Å²) in [4.78, 5) is 24.4. The Kier molecular flexibility index (Phi) is 4.32. The summed E-state index contributed by atoms with van der Waals surface area (Å²) >= 11 is 1.45. The number of hydrogen-bond acceptors (Lipinski definition) is 5. The number of aliphatic carboxylic acids is 1. The molecule has 1 unspecified atom stereocenters. The summed E-state index contributed by atoms with van der Waals surface area (Å²) in [6, 6.07) is 0. The molecule has 1 heterocycles. The number of carbonyl (C=O) groups excluding carboxylic acids is 1. The van der Waals surface area contributed by atoms with Crippen LogP contribution in [0.2, 0.25) is 0 Å². The summed E-state index contributed by atoms with van der Waals surface area (Å²) in [7, 11) is -3.41. The van der Waals surface area contributed by atoms with Crippen molar-refractivity contribution < 1.29 is 23.1 Å². The number of thioether (sulfide) groups is 1. The van der Waals surface area contributed by atoms with Crippen LogP contribution in [0.1, 0.15) is 13.8 Å². The highest BCUT2D eigenvalue weighted by molar-refractivity contribution is 8.00. The van der Waals surface area contributed by atoms with Crippen molar-refractivity contribution in [2.24, 2.45) is 5.41 Å². The first-order valence-corrected chi connectivity index (χ1v) is 8.50. The van der Waals surface area contributed by atoms with Crippen molar-refractivity contribution in [3.05, 3.63) is 0 Å². The van der Waals surface area contributed by atoms with Gasteiger partial charge >= 0.3 is 5.97 Å². The fraction of sp³-hybridized carbons (Fsp3) is 0.800. The lowest BCUT2D eigenvalue weighted by atomic mass is 9.92. The molecule has 0 aromatic rings. The van der Waals surface area contributed by atoms with Crippen molar-refractivity contribution in [1.82, 2.24) is 4.90 Å². The Morgan fingerprint density at radius 3 is 2.39 bits per heavy atom. The van der Waals surface area contributed by atoms with Gasteiger partial charge in [0.15, 0.2) is 9.84 Å². The molecule has 1 rings (SSSR count). The molecular weight excluding hydrogens is 278 g/mol. The van der Waals surface area contributed by atoms with E-state index in [1.165, 1.54) is 30.5 Å². The van der Waals surface area contributed by atoms with Crippen LogP contribution in [0.25, 0.3) is 0 Å². The molecule has 0 aromatic heterocycles. The van der Waals surface area contributed by atoms with Crippen molar-refractivity contribution in [1.29, 1.82) is 0 Å². The Balaban J connectivity index is 3.06. The van der Waals surface area contributed by atoms with Crippen LogP contribution >= 0.6 is 11.8 Å². The van der Waals surface area contributed by atoms with E-state index in [2.05, 4.69) is 0 Å². The molecule has 1 aliphatic rings. The van der Waals surface area contributed by atoms with Gasteiger partial charge in [-0.25, -0.2) is 8.42 Å². The van der Waals surface area contributed by atoms with Crippen LogP contribution in [0.5, 0.6) is 0 Å². The molecule has 1 fully saturated rings. The molecule has 18 heavy (non-hydrogen) atoms. The zero-order valence-corrected chi connectivity index (χ0v) is 12.2. The van der Waals surface area contributed by atoms with Crippen LogP contribution in [0.15, 0.2) is 0 Å². The minimum absolute atomic E-state index is 0.262. The van der Waals surface area contributed by atoms with Gasteiger partial charge in [-0.3, -0.25) is 9.59 Å². The highest BCUT2D eigenvalue weighted by Gasteiger charge is 2.44. The number of nitrogens with zero attached hydrogens (tertiary/aromatic N) is 1. The van der Waals surface area contributed by atoms with Gasteiger partial charge in [0.25, 0.3) is 0 Å². The van der Waals surface area contributed by atoms with E-state index in [1.807, 2.05) is 0 Å². The number of sulfone groups is 1. The van der Waals surface area contributed by atoms with Gasteiger partial charge in [0.2, 0.25) is 5.91 Å². The van der Waals surface area contributed by atoms with Gasteiger partial charge in [-0.2, -0.15) is 11.8 Å². The second-order valence-electron chi connectivity index (χ2n) is 4.79. The van der Waals surface area contributed by atoms with Crippen LogP contribution in [-0.2, 0) is 19.4 Å². The third-order valence-electron chi connectivity index (χ3n) is 2.91. The normalized spacial score (nSPS) is 21.7. The van der Waals surface area contributed by atoms with Gasteiger partial charge in [-0.1, -0.05) is 0 Å². The number of carboxylic acids is 1. The standard InChI is InChI=1S/C10H17NO5S2/c1-10(2,9(13)14)8(12)11-4-5-17-6-7(11)18(3,15)16/h7H,4-6H2,1-3H3,(H,13,14). The smallest absolute Gasteiger partial charge is 0.318 e. The summed E-state index contributed by atoms with van der Waals surface area (Å²) < 4.78 is 23.3. The number of amides is 1. The maximum absolute atomic E-state index is 12.2. The molecule has 1 N–H and O–H groups in total. The van der Waals surface area contributed by atoms with Crippen molar-refractivity contribution >= 4 is 33.5 Å². The lowest BCUT2D eigenvalue weighted by Crippen LogP contribution is -2.55. The van der Waals surface area contributed by atoms with Gasteiger partial charge < -0.3 is 10.0 Å². The van der Waals surface area contributed by atoms with Gasteiger partial charge in [-0.05, 0) is 13.8 Å². The molecule has 1 saturated heterocycles. The van der Waals surface area contributed by atoms with Crippen LogP contribution < -0.4 is 0 Å². The van der Waals surface area contributed by atoms with E-state index in [9.17, 15) is 18.0 Å². The van der Waals surface area contributed by atoms with E-state index < -0.39 is 32.5 Å². The highest BCUT2D eigenvalue weighted by atomic mass is 32.2. The second kappa shape index (κ2) is 5.08. The Hall–Kier alpha value is -0.760. The first-order chi connectivity index (χ1) is 8.08. The first-order valence-electron chi connectivity index (χ1n) is 5.39. The minimum atomic E-state index is -3.41. The van der Waals surface area contributed by atoms with E-state index in [0.29, 0.717) is 11.5 Å². The largest absolute Gasteiger partial charge is 0.480 e. The fourth-order valence-corrected chi connectivity index (χ4v) is 4.43. The van der Waals surface area contributed by atoms with Crippen LogP contribution in [-0.4, -0.2) is 60.0 Å². The first kappa shape index (κ1) is 15.3. The molecule has 0 saturated carbocycles. The molecule has 0 spiro atoms. The highest BCUT2D eigenvalue weighted by Crippen LogP contribution is 2.27. The summed E-state index contributed by atoms with van der Waals surface area (Å²) in [6.45, 7) is 2.84. The second-order valence-corrected chi connectivity index (χ2v) is 8.14. The van der Waals surface area contributed by atoms with Crippen molar-refractivity contribution in [2.45, 2.75) is 19.2 Å². The summed E-state index contributed by atoms with van der Waals surface area (Å²) in [6.07, 6.45) is 1.07. The van der Waals surface area contributed by atoms with Gasteiger partial charge in [0, 0.05) is 24.3 Å². The number of carbonyl (C=O) groups is 2. The van der Waals surface area contributed by atoms with E-state index in [-0.39, 0.29) is 6.54 Å². The molecule has 0 aromatic carbocycles. The third-order valence-corrected chi connectivity index (χ3v) is 5.55. The van der Waals surface area contributed by atoms with Crippen LogP contribution in [0, 0.1) is 5.41 Å². The van der Waals surface area contributed by atoms with Crippen molar-refractivity contribution in [3.8, 4) is 0 Å². The maximum atomic E-state index is 12.2. The van der Waals surface area contributed by atoms with E-state index in [0.717, 1.165) is 6.26 Å². The zero-order valence-electron chi connectivity index (χ0n) is 10.5. The fourth-order valence-electron chi connectivity index (χ4n) is 1.62. The molecular formula is C10H17NO5S2. The van der Waals surface area contributed by atoms with E-state index in [4.69, 9.17) is 5.11 Å². The Labute approximate surface area is 111 Å². The molecule has 0 bridgehead atoms. The molecule has 8 heteroatoms. The number of rotatable bonds is 3. The Morgan fingerprint density at radius 2 is 1.94 bits per heavy atom. The zero-order chi connectivity index (χ0) is 14.1. The summed E-state index contributed by atoms with van der Waals surface area (Å²) in [5, 5.41) is 8.10. The number of hydrogen-bond donors (Lipinski definition) is 1. The lowest BCUT2D eigenvalue weighted by Gasteiger charge is -2.37. The van der Waals surface area contributed by atoms with Crippen molar-refractivity contribution in [3.63, 3.8) is 0 Å². The summed E-state index contributed by atoms with van der Waals surface area (Å²) in [5.74, 6) is -0.989. The van der Waals surface area contributed by atoms with Gasteiger partial charge in [0.05, 0.1) is 0 Å². The van der Waals surface area contributed by atoms with Crippen molar-refractivity contribution in [2.75, 3.05) is 24.3 Å². The molecule has 1 amide bonds. The SMILES string of the molecule is CC(C)(C(=O)O)C(=O)N1CCSCC1S(C)(=O)=O. The van der Waals surface area contributed by atoms with Crippen LogP contribution in [0.4, 0.5) is 0 Å². The average Bonchev–Trinajstić information content (AvgIpc) is 2.26. The molecule has 6 nitrogen and oxygen atoms in total. The van der Waals surface area contributed by atoms with Crippen LogP contribution in [0.3, 0.4) is 0 Å². The average molecular weight is 295 g/mol. The minimum Gasteiger partial charge on any atom is -0.480 e. The predicted molar refractivity (Wildman–Crippen MR) is 69.1 cm³/mol. The van der Waals surface area contributed by atoms with E-state index in [1.54, 1.807) is 0 Å². The Bertz CT molecular complexity index is 457. The third kappa shape index (κ3) is 2.97. The molecule has 1 aliphatic heterocycles. The molecule has 1 atom stereocenters. The quantitative estimate of drug-likeness (QED) is 0.739. The molecule has 0 radical (unpaired) electrons. The topological polar surface area (TPSA) is 91.8 Å².